The molecule has 0 aliphatic rings. The lowest BCUT2D eigenvalue weighted by atomic mass is 10.0. The number of rotatable bonds is 6. The Morgan fingerprint density at radius 2 is 0.786 bits per heavy atom. The molecule has 4 aromatic heterocycles. The van der Waals surface area contributed by atoms with E-state index in [2.05, 4.69) is 60.7 Å². The second-order valence-electron chi connectivity index (χ2n) is 13.7. The molecule has 0 bridgehead atoms. The van der Waals surface area contributed by atoms with Crippen molar-refractivity contribution in [2.24, 2.45) is 0 Å². The Morgan fingerprint density at radius 3 is 1.48 bits per heavy atom. The minimum absolute atomic E-state index is 0.569. The summed E-state index contributed by atoms with van der Waals surface area (Å²) in [5, 5.41) is 2.88. The molecule has 0 radical (unpaired) electrons. The number of hydrogen-bond donors (Lipinski definition) is 0. The van der Waals surface area contributed by atoms with Gasteiger partial charge in [0.1, 0.15) is 28.0 Å². The van der Waals surface area contributed by atoms with Crippen molar-refractivity contribution in [1.82, 2.24) is 24.9 Å². The zero-order valence-electron chi connectivity index (χ0n) is 29.8. The van der Waals surface area contributed by atoms with Crippen molar-refractivity contribution in [2.75, 3.05) is 0 Å². The third-order valence-electron chi connectivity index (χ3n) is 10.2. The monoisotopic (exact) mass is 719 g/mol. The number of nitrogens with zero attached hydrogens (tertiary/aromatic N) is 5. The maximum Gasteiger partial charge on any atom is 0.180 e. The summed E-state index contributed by atoms with van der Waals surface area (Å²) in [6.07, 6.45) is 0. The van der Waals surface area contributed by atoms with Gasteiger partial charge in [-0.15, -0.1) is 0 Å². The molecule has 56 heavy (non-hydrogen) atoms. The number of aromatic nitrogens is 5. The summed E-state index contributed by atoms with van der Waals surface area (Å²) in [5.74, 6) is 2.39. The quantitative estimate of drug-likeness (QED) is 0.169. The standard InChI is InChI=1S/C49H29N5O2/c1-4-12-30(13-5-1)31-20-22-32(23-21-31)43-45-44(38-18-10-11-19-40(38)56-45)51-48(50-43)35-25-27-41-39(28-35)37-26-24-36(29-42(37)55-41)49-53-46(33-14-6-2-7-15-33)52-47(54-49)34-16-8-3-9-17-34/h1-29H. The van der Waals surface area contributed by atoms with Gasteiger partial charge < -0.3 is 8.83 Å². The summed E-state index contributed by atoms with van der Waals surface area (Å²) in [7, 11) is 0. The van der Waals surface area contributed by atoms with Crippen molar-refractivity contribution in [1.29, 1.82) is 0 Å². The van der Waals surface area contributed by atoms with E-state index in [1.165, 1.54) is 0 Å². The zero-order valence-corrected chi connectivity index (χ0v) is 29.8. The molecule has 0 amide bonds. The molecule has 7 heteroatoms. The lowest BCUT2D eigenvalue weighted by molar-refractivity contribution is 0.667. The molecule has 4 heterocycles. The molecule has 262 valence electrons. The Hall–Kier alpha value is -7.77. The molecule has 11 rings (SSSR count). The lowest BCUT2D eigenvalue weighted by Crippen LogP contribution is -2.00. The second kappa shape index (κ2) is 13.0. The van der Waals surface area contributed by atoms with Crippen LogP contribution in [0.3, 0.4) is 0 Å². The highest BCUT2D eigenvalue weighted by Crippen LogP contribution is 2.38. The predicted molar refractivity (Wildman–Crippen MR) is 223 cm³/mol. The summed E-state index contributed by atoms with van der Waals surface area (Å²) < 4.78 is 12.9. The maximum absolute atomic E-state index is 6.46. The van der Waals surface area contributed by atoms with Gasteiger partial charge in [0.2, 0.25) is 0 Å². The summed E-state index contributed by atoms with van der Waals surface area (Å²) in [4.78, 5) is 25.0. The zero-order chi connectivity index (χ0) is 37.0. The highest BCUT2D eigenvalue weighted by Gasteiger charge is 2.20. The van der Waals surface area contributed by atoms with Crippen molar-refractivity contribution in [3.8, 4) is 67.9 Å². The molecule has 0 N–H and O–H groups in total. The number of furan rings is 2. The predicted octanol–water partition coefficient (Wildman–Crippen LogP) is 12.5. The molecule has 0 saturated carbocycles. The van der Waals surface area contributed by atoms with Crippen LogP contribution in [0.15, 0.2) is 185 Å². The minimum Gasteiger partial charge on any atom is -0.456 e. The van der Waals surface area contributed by atoms with Crippen molar-refractivity contribution in [2.45, 2.75) is 0 Å². The van der Waals surface area contributed by atoms with E-state index in [9.17, 15) is 0 Å². The molecule has 0 spiro atoms. The molecule has 0 atom stereocenters. The van der Waals surface area contributed by atoms with Crippen LogP contribution in [-0.2, 0) is 0 Å². The SMILES string of the molecule is c1ccc(-c2ccc(-c3nc(-c4ccc5oc6cc(-c7nc(-c8ccccc8)nc(-c8ccccc8)n7)ccc6c5c4)nc4c3oc3ccccc34)cc2)cc1. The van der Waals surface area contributed by atoms with Crippen molar-refractivity contribution in [3.05, 3.63) is 176 Å². The van der Waals surface area contributed by atoms with Gasteiger partial charge in [-0.25, -0.2) is 24.9 Å². The Bertz CT molecular complexity index is 3170. The first-order valence-corrected chi connectivity index (χ1v) is 18.4. The fourth-order valence-electron chi connectivity index (χ4n) is 7.36. The molecule has 0 fully saturated rings. The minimum atomic E-state index is 0.569. The summed E-state index contributed by atoms with van der Waals surface area (Å²) in [6.45, 7) is 0. The van der Waals surface area contributed by atoms with Crippen LogP contribution in [0, 0.1) is 0 Å². The topological polar surface area (TPSA) is 90.7 Å². The van der Waals surface area contributed by atoms with Gasteiger partial charge in [0.25, 0.3) is 0 Å². The van der Waals surface area contributed by atoms with E-state index in [0.29, 0.717) is 28.9 Å². The number of hydrogen-bond acceptors (Lipinski definition) is 7. The van der Waals surface area contributed by atoms with Gasteiger partial charge in [0, 0.05) is 44.0 Å². The normalized spacial score (nSPS) is 11.6. The van der Waals surface area contributed by atoms with Crippen LogP contribution >= 0.6 is 0 Å². The second-order valence-corrected chi connectivity index (χ2v) is 13.7. The van der Waals surface area contributed by atoms with Gasteiger partial charge in [0.15, 0.2) is 28.9 Å². The van der Waals surface area contributed by atoms with Crippen LogP contribution in [0.25, 0.3) is 112 Å². The van der Waals surface area contributed by atoms with Gasteiger partial charge in [-0.1, -0.05) is 133 Å². The van der Waals surface area contributed by atoms with E-state index >= 15 is 0 Å². The molecule has 0 aliphatic heterocycles. The van der Waals surface area contributed by atoms with Crippen LogP contribution in [0.5, 0.6) is 0 Å². The average molecular weight is 720 g/mol. The first-order valence-electron chi connectivity index (χ1n) is 18.4. The Kier molecular flexibility index (Phi) is 7.35. The van der Waals surface area contributed by atoms with Crippen LogP contribution in [0.2, 0.25) is 0 Å². The molecular weight excluding hydrogens is 691 g/mol. The van der Waals surface area contributed by atoms with Crippen LogP contribution in [-0.4, -0.2) is 24.9 Å². The van der Waals surface area contributed by atoms with E-state index in [-0.39, 0.29) is 0 Å². The third-order valence-corrected chi connectivity index (χ3v) is 10.2. The van der Waals surface area contributed by atoms with E-state index in [0.717, 1.165) is 83.1 Å². The van der Waals surface area contributed by atoms with Crippen molar-refractivity contribution < 1.29 is 8.83 Å². The summed E-state index contributed by atoms with van der Waals surface area (Å²) in [6, 6.07) is 59.0. The number of benzene rings is 7. The van der Waals surface area contributed by atoms with Gasteiger partial charge in [0.05, 0.1) is 0 Å². The fourth-order valence-corrected chi connectivity index (χ4v) is 7.36. The van der Waals surface area contributed by atoms with Crippen molar-refractivity contribution >= 4 is 44.0 Å². The van der Waals surface area contributed by atoms with Crippen LogP contribution in [0.4, 0.5) is 0 Å². The van der Waals surface area contributed by atoms with E-state index < -0.39 is 0 Å². The van der Waals surface area contributed by atoms with E-state index in [1.807, 2.05) is 115 Å². The van der Waals surface area contributed by atoms with Gasteiger partial charge in [-0.3, -0.25) is 0 Å². The van der Waals surface area contributed by atoms with E-state index in [4.69, 9.17) is 33.8 Å². The number of para-hydroxylation sites is 1. The molecular formula is C49H29N5O2. The number of fused-ring (bicyclic) bond motifs is 6. The molecule has 0 saturated heterocycles. The smallest absolute Gasteiger partial charge is 0.180 e. The Morgan fingerprint density at radius 1 is 0.286 bits per heavy atom. The summed E-state index contributed by atoms with van der Waals surface area (Å²) >= 11 is 0. The van der Waals surface area contributed by atoms with Crippen LogP contribution < -0.4 is 0 Å². The third kappa shape index (κ3) is 5.49. The van der Waals surface area contributed by atoms with Crippen LogP contribution in [0.1, 0.15) is 0 Å². The Balaban J connectivity index is 1.02. The largest absolute Gasteiger partial charge is 0.456 e. The molecule has 0 unspecified atom stereocenters. The fraction of sp³-hybridized carbons (Fsp3) is 0. The first kappa shape index (κ1) is 31.7. The Labute approximate surface area is 320 Å². The average Bonchev–Trinajstić information content (AvgIpc) is 3.84. The van der Waals surface area contributed by atoms with Gasteiger partial charge >= 0.3 is 0 Å². The maximum atomic E-state index is 6.46. The van der Waals surface area contributed by atoms with Gasteiger partial charge in [-0.05, 0) is 53.6 Å². The molecule has 11 aromatic rings. The van der Waals surface area contributed by atoms with Gasteiger partial charge in [-0.2, -0.15) is 0 Å². The molecule has 7 nitrogen and oxygen atoms in total. The highest BCUT2D eigenvalue weighted by molar-refractivity contribution is 6.09. The van der Waals surface area contributed by atoms with Crippen molar-refractivity contribution in [3.63, 3.8) is 0 Å². The lowest BCUT2D eigenvalue weighted by Gasteiger charge is -2.08. The van der Waals surface area contributed by atoms with E-state index in [1.54, 1.807) is 0 Å². The summed E-state index contributed by atoms with van der Waals surface area (Å²) in [5.41, 5.74) is 11.2. The first-order chi connectivity index (χ1) is 27.7. The molecule has 7 aromatic carbocycles. The highest BCUT2D eigenvalue weighted by atomic mass is 16.3. The molecule has 0 aliphatic carbocycles.